The van der Waals surface area contributed by atoms with Gasteiger partial charge in [0.25, 0.3) is 5.91 Å². The van der Waals surface area contributed by atoms with Gasteiger partial charge >= 0.3 is 0 Å². The van der Waals surface area contributed by atoms with Crippen molar-refractivity contribution in [2.24, 2.45) is 0 Å². The molecule has 1 heterocycles. The minimum Gasteiger partial charge on any atom is -0.491 e. The van der Waals surface area contributed by atoms with E-state index in [0.29, 0.717) is 33.0 Å². The SMILES string of the molecule is COCCOCCOc1ccc2c(c1)CN(C)C2=O. The molecule has 0 bridgehead atoms. The average molecular weight is 265 g/mol. The smallest absolute Gasteiger partial charge is 0.254 e. The summed E-state index contributed by atoms with van der Waals surface area (Å²) in [4.78, 5) is 13.4. The Morgan fingerprint density at radius 3 is 2.79 bits per heavy atom. The third-order valence-electron chi connectivity index (χ3n) is 2.99. The molecule has 0 saturated heterocycles. The van der Waals surface area contributed by atoms with Crippen LogP contribution in [0.5, 0.6) is 5.75 Å². The predicted octanol–water partition coefficient (Wildman–Crippen LogP) is 1.31. The van der Waals surface area contributed by atoms with Gasteiger partial charge in [0.2, 0.25) is 0 Å². The highest BCUT2D eigenvalue weighted by Crippen LogP contribution is 2.25. The topological polar surface area (TPSA) is 48.0 Å². The first kappa shape index (κ1) is 13.8. The van der Waals surface area contributed by atoms with Crippen LogP contribution in [-0.2, 0) is 16.0 Å². The molecule has 0 aromatic heterocycles. The molecule has 2 rings (SSSR count). The minimum absolute atomic E-state index is 0.0736. The van der Waals surface area contributed by atoms with Crippen molar-refractivity contribution in [1.82, 2.24) is 4.90 Å². The van der Waals surface area contributed by atoms with Crippen LogP contribution in [0.3, 0.4) is 0 Å². The summed E-state index contributed by atoms with van der Waals surface area (Å²) in [6.45, 7) is 2.83. The molecular formula is C14H19NO4. The second-order valence-corrected chi connectivity index (χ2v) is 4.43. The molecule has 0 radical (unpaired) electrons. The molecule has 19 heavy (non-hydrogen) atoms. The van der Waals surface area contributed by atoms with Crippen LogP contribution < -0.4 is 4.74 Å². The summed E-state index contributed by atoms with van der Waals surface area (Å²) in [5.41, 5.74) is 1.79. The molecule has 1 aromatic rings. The molecule has 1 aliphatic heterocycles. The maximum atomic E-state index is 11.7. The molecule has 1 aromatic carbocycles. The van der Waals surface area contributed by atoms with Gasteiger partial charge in [-0.3, -0.25) is 4.79 Å². The van der Waals surface area contributed by atoms with E-state index in [1.807, 2.05) is 18.2 Å². The van der Waals surface area contributed by atoms with E-state index in [1.165, 1.54) is 0 Å². The molecule has 0 unspecified atom stereocenters. The lowest BCUT2D eigenvalue weighted by Gasteiger charge is -2.08. The Morgan fingerprint density at radius 2 is 2.00 bits per heavy atom. The number of hydrogen-bond acceptors (Lipinski definition) is 4. The first-order chi connectivity index (χ1) is 9.22. The standard InChI is InChI=1S/C14H19NO4/c1-15-10-11-9-12(3-4-13(11)14(15)16)19-8-7-18-6-5-17-2/h3-4,9H,5-8,10H2,1-2H3. The fourth-order valence-corrected chi connectivity index (χ4v) is 2.00. The van der Waals surface area contributed by atoms with Crippen LogP contribution in [0.25, 0.3) is 0 Å². The van der Waals surface area contributed by atoms with E-state index >= 15 is 0 Å². The Bertz CT molecular complexity index is 447. The number of methoxy groups -OCH3 is 1. The number of benzene rings is 1. The predicted molar refractivity (Wildman–Crippen MR) is 70.4 cm³/mol. The van der Waals surface area contributed by atoms with Gasteiger partial charge in [0.05, 0.1) is 19.8 Å². The van der Waals surface area contributed by atoms with Crippen molar-refractivity contribution in [3.63, 3.8) is 0 Å². The van der Waals surface area contributed by atoms with Gasteiger partial charge in [-0.25, -0.2) is 0 Å². The van der Waals surface area contributed by atoms with Crippen LogP contribution in [-0.4, -0.2) is 51.4 Å². The third kappa shape index (κ3) is 3.45. The maximum Gasteiger partial charge on any atom is 0.254 e. The van der Waals surface area contributed by atoms with Crippen molar-refractivity contribution in [2.45, 2.75) is 6.54 Å². The number of amides is 1. The van der Waals surface area contributed by atoms with Gasteiger partial charge in [0, 0.05) is 26.3 Å². The second kappa shape index (κ2) is 6.54. The Hall–Kier alpha value is -1.59. The third-order valence-corrected chi connectivity index (χ3v) is 2.99. The number of nitrogens with zero attached hydrogens (tertiary/aromatic N) is 1. The molecule has 5 heteroatoms. The highest BCUT2D eigenvalue weighted by molar-refractivity contribution is 5.98. The van der Waals surface area contributed by atoms with Crippen LogP contribution in [0.4, 0.5) is 0 Å². The fraction of sp³-hybridized carbons (Fsp3) is 0.500. The zero-order valence-corrected chi connectivity index (χ0v) is 11.3. The summed E-state index contributed by atoms with van der Waals surface area (Å²) in [5, 5.41) is 0. The average Bonchev–Trinajstić information content (AvgIpc) is 2.69. The zero-order valence-electron chi connectivity index (χ0n) is 11.3. The number of carbonyl (C=O) groups excluding carboxylic acids is 1. The number of fused-ring (bicyclic) bond motifs is 1. The summed E-state index contributed by atoms with van der Waals surface area (Å²) in [6, 6.07) is 5.57. The van der Waals surface area contributed by atoms with Gasteiger partial charge in [-0.2, -0.15) is 0 Å². The molecule has 1 aliphatic rings. The molecule has 0 N–H and O–H groups in total. The molecular weight excluding hydrogens is 246 g/mol. The van der Waals surface area contributed by atoms with Crippen LogP contribution in [0.2, 0.25) is 0 Å². The van der Waals surface area contributed by atoms with Crippen molar-refractivity contribution >= 4 is 5.91 Å². The van der Waals surface area contributed by atoms with Crippen molar-refractivity contribution in [2.75, 3.05) is 40.6 Å². The van der Waals surface area contributed by atoms with Gasteiger partial charge in [0.1, 0.15) is 12.4 Å². The Balaban J connectivity index is 1.80. The Kier molecular flexibility index (Phi) is 4.76. The van der Waals surface area contributed by atoms with Crippen LogP contribution in [0, 0.1) is 0 Å². The molecule has 104 valence electrons. The largest absolute Gasteiger partial charge is 0.491 e. The molecule has 0 fully saturated rings. The number of hydrogen-bond donors (Lipinski definition) is 0. The van der Waals surface area contributed by atoms with Crippen LogP contribution in [0.15, 0.2) is 18.2 Å². The van der Waals surface area contributed by atoms with Crippen molar-refractivity contribution in [3.05, 3.63) is 29.3 Å². The molecule has 0 atom stereocenters. The molecule has 0 spiro atoms. The lowest BCUT2D eigenvalue weighted by atomic mass is 10.1. The summed E-state index contributed by atoms with van der Waals surface area (Å²) in [6.07, 6.45) is 0. The summed E-state index contributed by atoms with van der Waals surface area (Å²) in [5.74, 6) is 0.849. The molecule has 0 aliphatic carbocycles. The van der Waals surface area contributed by atoms with E-state index in [9.17, 15) is 4.79 Å². The lowest BCUT2D eigenvalue weighted by Crippen LogP contribution is -2.17. The summed E-state index contributed by atoms with van der Waals surface area (Å²) < 4.78 is 15.8. The first-order valence-electron chi connectivity index (χ1n) is 6.30. The summed E-state index contributed by atoms with van der Waals surface area (Å²) in [7, 11) is 3.44. The Labute approximate surface area is 113 Å². The van der Waals surface area contributed by atoms with Crippen molar-refractivity contribution in [3.8, 4) is 5.75 Å². The van der Waals surface area contributed by atoms with Crippen molar-refractivity contribution < 1.29 is 19.0 Å². The van der Waals surface area contributed by atoms with Gasteiger partial charge < -0.3 is 19.1 Å². The van der Waals surface area contributed by atoms with Gasteiger partial charge in [-0.05, 0) is 23.8 Å². The maximum absolute atomic E-state index is 11.7. The van der Waals surface area contributed by atoms with Crippen molar-refractivity contribution in [1.29, 1.82) is 0 Å². The van der Waals surface area contributed by atoms with E-state index in [0.717, 1.165) is 16.9 Å². The zero-order chi connectivity index (χ0) is 13.7. The molecule has 1 amide bonds. The lowest BCUT2D eigenvalue weighted by molar-refractivity contribution is 0.0544. The molecule has 0 saturated carbocycles. The van der Waals surface area contributed by atoms with E-state index in [-0.39, 0.29) is 5.91 Å². The van der Waals surface area contributed by atoms with Gasteiger partial charge in [0.15, 0.2) is 0 Å². The minimum atomic E-state index is 0.0736. The number of rotatable bonds is 7. The number of carbonyl (C=O) groups is 1. The van der Waals surface area contributed by atoms with Gasteiger partial charge in [-0.15, -0.1) is 0 Å². The normalized spacial score (nSPS) is 13.8. The molecule has 5 nitrogen and oxygen atoms in total. The van der Waals surface area contributed by atoms with E-state index in [2.05, 4.69) is 0 Å². The Morgan fingerprint density at radius 1 is 1.21 bits per heavy atom. The highest BCUT2D eigenvalue weighted by atomic mass is 16.5. The van der Waals surface area contributed by atoms with Gasteiger partial charge in [-0.1, -0.05) is 0 Å². The monoisotopic (exact) mass is 265 g/mol. The van der Waals surface area contributed by atoms with E-state index < -0.39 is 0 Å². The van der Waals surface area contributed by atoms with E-state index in [1.54, 1.807) is 19.1 Å². The highest BCUT2D eigenvalue weighted by Gasteiger charge is 2.24. The number of ether oxygens (including phenoxy) is 3. The summed E-state index contributed by atoms with van der Waals surface area (Å²) >= 11 is 0. The van der Waals surface area contributed by atoms with E-state index in [4.69, 9.17) is 14.2 Å². The van der Waals surface area contributed by atoms with Crippen LogP contribution >= 0.6 is 0 Å². The fourth-order valence-electron chi connectivity index (χ4n) is 2.00. The quantitative estimate of drug-likeness (QED) is 0.698. The first-order valence-corrected chi connectivity index (χ1v) is 6.30. The van der Waals surface area contributed by atoms with Crippen LogP contribution in [0.1, 0.15) is 15.9 Å². The second-order valence-electron chi connectivity index (χ2n) is 4.43.